The van der Waals surface area contributed by atoms with E-state index in [-0.39, 0.29) is 6.61 Å². The first kappa shape index (κ1) is 21.8. The first-order valence-electron chi connectivity index (χ1n) is 10.4. The van der Waals surface area contributed by atoms with Gasteiger partial charge in [-0.2, -0.15) is 0 Å². The van der Waals surface area contributed by atoms with E-state index in [9.17, 15) is 14.4 Å². The normalized spacial score (nSPS) is 15.3. The maximum Gasteiger partial charge on any atom is 0.343 e. The van der Waals surface area contributed by atoms with Gasteiger partial charge in [0.15, 0.2) is 0 Å². The van der Waals surface area contributed by atoms with Gasteiger partial charge in [-0.05, 0) is 42.3 Å². The number of allylic oxidation sites excluding steroid dienone is 1. The first-order valence-corrected chi connectivity index (χ1v) is 10.4. The van der Waals surface area contributed by atoms with E-state index < -0.39 is 24.0 Å². The molecule has 1 aliphatic heterocycles. The number of esters is 2. The van der Waals surface area contributed by atoms with Gasteiger partial charge in [-0.15, -0.1) is 0 Å². The number of amides is 2. The molecule has 3 aromatic rings. The molecule has 0 bridgehead atoms. The summed E-state index contributed by atoms with van der Waals surface area (Å²) >= 11 is 0. The van der Waals surface area contributed by atoms with Crippen molar-refractivity contribution in [3.8, 4) is 5.75 Å². The predicted molar refractivity (Wildman–Crippen MR) is 121 cm³/mol. The van der Waals surface area contributed by atoms with Crippen LogP contribution in [0.2, 0.25) is 0 Å². The Morgan fingerprint density at radius 2 is 1.48 bits per heavy atom. The van der Waals surface area contributed by atoms with Crippen molar-refractivity contribution in [3.05, 3.63) is 113 Å². The number of carbonyl (C=O) groups is 3. The molecule has 0 saturated heterocycles. The number of ether oxygens (including phenoxy) is 2. The van der Waals surface area contributed by atoms with Crippen molar-refractivity contribution in [3.63, 3.8) is 0 Å². The topological polar surface area (TPSA) is 93.7 Å². The largest absolute Gasteiger partial charge is 0.457 e. The fourth-order valence-corrected chi connectivity index (χ4v) is 3.48. The minimum atomic E-state index is -0.708. The van der Waals surface area contributed by atoms with Crippen LogP contribution >= 0.6 is 0 Å². The van der Waals surface area contributed by atoms with Gasteiger partial charge in [0.05, 0.1) is 17.2 Å². The fourth-order valence-electron chi connectivity index (χ4n) is 3.48. The molecular formula is C26H22N2O5. The minimum Gasteiger partial charge on any atom is -0.457 e. The Hall–Kier alpha value is -4.39. The van der Waals surface area contributed by atoms with Crippen LogP contribution in [0.5, 0.6) is 5.75 Å². The molecule has 2 N–H and O–H groups in total. The maximum atomic E-state index is 12.9. The van der Waals surface area contributed by atoms with Crippen molar-refractivity contribution in [2.45, 2.75) is 19.6 Å². The lowest BCUT2D eigenvalue weighted by Crippen LogP contribution is -2.45. The molecule has 1 atom stereocenters. The number of hydrogen-bond donors (Lipinski definition) is 2. The van der Waals surface area contributed by atoms with Crippen LogP contribution in [0.3, 0.4) is 0 Å². The highest BCUT2D eigenvalue weighted by atomic mass is 16.5. The molecule has 0 saturated carbocycles. The van der Waals surface area contributed by atoms with E-state index in [0.717, 1.165) is 5.56 Å². The quantitative estimate of drug-likeness (QED) is 0.439. The van der Waals surface area contributed by atoms with Gasteiger partial charge in [-0.1, -0.05) is 60.7 Å². The monoisotopic (exact) mass is 442 g/mol. The second-order valence-corrected chi connectivity index (χ2v) is 7.46. The van der Waals surface area contributed by atoms with Crippen molar-refractivity contribution in [2.24, 2.45) is 0 Å². The molecule has 1 heterocycles. The Morgan fingerprint density at radius 1 is 0.848 bits per heavy atom. The van der Waals surface area contributed by atoms with Gasteiger partial charge in [0.1, 0.15) is 12.4 Å². The highest BCUT2D eigenvalue weighted by Crippen LogP contribution is 2.29. The Kier molecular flexibility index (Phi) is 6.50. The first-order chi connectivity index (χ1) is 16.0. The third-order valence-electron chi connectivity index (χ3n) is 5.14. The van der Waals surface area contributed by atoms with E-state index in [1.54, 1.807) is 55.5 Å². The summed E-state index contributed by atoms with van der Waals surface area (Å²) in [6, 6.07) is 23.5. The molecule has 2 amide bonds. The van der Waals surface area contributed by atoms with E-state index >= 15 is 0 Å². The van der Waals surface area contributed by atoms with Crippen LogP contribution in [-0.4, -0.2) is 18.0 Å². The summed E-state index contributed by atoms with van der Waals surface area (Å²) in [6.07, 6.45) is 0. The molecule has 33 heavy (non-hydrogen) atoms. The van der Waals surface area contributed by atoms with Crippen molar-refractivity contribution in [2.75, 3.05) is 0 Å². The lowest BCUT2D eigenvalue weighted by molar-refractivity contribution is -0.140. The van der Waals surface area contributed by atoms with Crippen molar-refractivity contribution >= 4 is 18.0 Å². The molecule has 0 fully saturated rings. The van der Waals surface area contributed by atoms with E-state index in [2.05, 4.69) is 10.6 Å². The van der Waals surface area contributed by atoms with Crippen LogP contribution in [-0.2, 0) is 16.1 Å². The molecule has 0 aliphatic carbocycles. The zero-order chi connectivity index (χ0) is 23.2. The van der Waals surface area contributed by atoms with Crippen LogP contribution in [0.25, 0.3) is 0 Å². The second kappa shape index (κ2) is 9.82. The summed E-state index contributed by atoms with van der Waals surface area (Å²) in [4.78, 5) is 37.3. The lowest BCUT2D eigenvalue weighted by atomic mass is 9.95. The van der Waals surface area contributed by atoms with E-state index in [0.29, 0.717) is 28.1 Å². The molecule has 7 heteroatoms. The number of hydrogen-bond acceptors (Lipinski definition) is 5. The van der Waals surface area contributed by atoms with Crippen LogP contribution in [0.15, 0.2) is 96.2 Å². The van der Waals surface area contributed by atoms with E-state index in [1.807, 2.05) is 36.4 Å². The summed E-state index contributed by atoms with van der Waals surface area (Å²) in [5.74, 6) is -0.658. The standard InChI is InChI=1S/C26H22N2O5/c1-17-22(25(30)32-16-18-8-4-2-5-9-18)23(28-26(31)27-17)19-12-14-21(15-13-19)33-24(29)20-10-6-3-7-11-20/h2-15,23H,16H2,1H3,(H2,27,28,31). The Balaban J connectivity index is 1.50. The number of urea groups is 1. The summed E-state index contributed by atoms with van der Waals surface area (Å²) in [5, 5.41) is 5.39. The highest BCUT2D eigenvalue weighted by Gasteiger charge is 2.32. The number of benzene rings is 3. The molecule has 1 aliphatic rings. The minimum absolute atomic E-state index is 0.117. The zero-order valence-corrected chi connectivity index (χ0v) is 17.9. The van der Waals surface area contributed by atoms with E-state index in [4.69, 9.17) is 9.47 Å². The molecule has 4 rings (SSSR count). The third kappa shape index (κ3) is 5.27. The maximum absolute atomic E-state index is 12.9. The Morgan fingerprint density at radius 3 is 2.15 bits per heavy atom. The van der Waals surface area contributed by atoms with Crippen molar-refractivity contribution in [1.29, 1.82) is 0 Å². The summed E-state index contributed by atoms with van der Waals surface area (Å²) in [5.41, 5.74) is 2.67. The number of rotatable bonds is 6. The third-order valence-corrected chi connectivity index (χ3v) is 5.14. The van der Waals surface area contributed by atoms with Gasteiger partial charge in [-0.25, -0.2) is 14.4 Å². The summed E-state index contributed by atoms with van der Waals surface area (Å²) in [7, 11) is 0. The average Bonchev–Trinajstić information content (AvgIpc) is 2.84. The molecule has 0 spiro atoms. The molecule has 3 aromatic carbocycles. The molecule has 166 valence electrons. The van der Waals surface area contributed by atoms with Gasteiger partial charge >= 0.3 is 18.0 Å². The fraction of sp³-hybridized carbons (Fsp3) is 0.115. The van der Waals surface area contributed by atoms with Gasteiger partial charge < -0.3 is 20.1 Å². The van der Waals surface area contributed by atoms with Gasteiger partial charge in [0, 0.05) is 5.70 Å². The number of carbonyl (C=O) groups excluding carboxylic acids is 3. The molecule has 1 unspecified atom stereocenters. The van der Waals surface area contributed by atoms with Crippen LogP contribution in [0.1, 0.15) is 34.5 Å². The predicted octanol–water partition coefficient (Wildman–Crippen LogP) is 4.28. The smallest absolute Gasteiger partial charge is 0.343 e. The molecule has 7 nitrogen and oxygen atoms in total. The van der Waals surface area contributed by atoms with Gasteiger partial charge in [0.25, 0.3) is 0 Å². The van der Waals surface area contributed by atoms with Gasteiger partial charge in [0.2, 0.25) is 0 Å². The Labute approximate surface area is 191 Å². The Bertz CT molecular complexity index is 1190. The van der Waals surface area contributed by atoms with E-state index in [1.165, 1.54) is 0 Å². The lowest BCUT2D eigenvalue weighted by Gasteiger charge is -2.28. The van der Waals surface area contributed by atoms with Crippen molar-refractivity contribution in [1.82, 2.24) is 10.6 Å². The van der Waals surface area contributed by atoms with Crippen LogP contribution in [0.4, 0.5) is 4.79 Å². The second-order valence-electron chi connectivity index (χ2n) is 7.46. The highest BCUT2D eigenvalue weighted by molar-refractivity contribution is 5.95. The zero-order valence-electron chi connectivity index (χ0n) is 17.9. The molecular weight excluding hydrogens is 420 g/mol. The van der Waals surface area contributed by atoms with Crippen LogP contribution < -0.4 is 15.4 Å². The van der Waals surface area contributed by atoms with Gasteiger partial charge in [-0.3, -0.25) is 0 Å². The summed E-state index contributed by atoms with van der Waals surface area (Å²) < 4.78 is 10.9. The number of nitrogens with one attached hydrogen (secondary N) is 2. The SMILES string of the molecule is CC1=C(C(=O)OCc2ccccc2)C(c2ccc(OC(=O)c3ccccc3)cc2)NC(=O)N1. The molecule has 0 radical (unpaired) electrons. The average molecular weight is 442 g/mol. The van der Waals surface area contributed by atoms with Crippen molar-refractivity contribution < 1.29 is 23.9 Å². The molecule has 0 aromatic heterocycles. The summed E-state index contributed by atoms with van der Waals surface area (Å²) in [6.45, 7) is 1.77. The van der Waals surface area contributed by atoms with Crippen LogP contribution in [0, 0.1) is 0 Å².